The highest BCUT2D eigenvalue weighted by atomic mass is 127. The summed E-state index contributed by atoms with van der Waals surface area (Å²) in [5.74, 6) is 2.66. The molecule has 0 unspecified atom stereocenters. The van der Waals surface area contributed by atoms with Crippen molar-refractivity contribution in [1.29, 1.82) is 0 Å². The molecule has 24 heavy (non-hydrogen) atoms. The first-order chi connectivity index (χ1) is 11.7. The Morgan fingerprint density at radius 2 is 1.83 bits per heavy atom. The Bertz CT molecular complexity index is 754. The summed E-state index contributed by atoms with van der Waals surface area (Å²) < 4.78 is 1.01. The van der Waals surface area contributed by atoms with Crippen molar-refractivity contribution in [1.82, 2.24) is 14.9 Å². The molecule has 1 saturated heterocycles. The molecule has 0 spiro atoms. The van der Waals surface area contributed by atoms with Crippen LogP contribution in [0.15, 0.2) is 36.5 Å². The van der Waals surface area contributed by atoms with E-state index in [-0.39, 0.29) is 5.91 Å². The molecule has 5 nitrogen and oxygen atoms in total. The van der Waals surface area contributed by atoms with Crippen molar-refractivity contribution < 1.29 is 4.79 Å². The summed E-state index contributed by atoms with van der Waals surface area (Å²) in [7, 11) is 0. The van der Waals surface area contributed by atoms with E-state index in [4.69, 9.17) is 4.98 Å². The van der Waals surface area contributed by atoms with Crippen molar-refractivity contribution in [2.75, 3.05) is 31.1 Å². The summed E-state index contributed by atoms with van der Waals surface area (Å²) in [5.41, 5.74) is 0.796. The maximum Gasteiger partial charge on any atom is 0.255 e. The van der Waals surface area contributed by atoms with E-state index in [0.29, 0.717) is 5.92 Å². The van der Waals surface area contributed by atoms with Crippen molar-refractivity contribution in [3.05, 3.63) is 51.5 Å². The maximum absolute atomic E-state index is 12.7. The van der Waals surface area contributed by atoms with E-state index in [1.807, 2.05) is 41.4 Å². The minimum Gasteiger partial charge on any atom is -0.353 e. The number of anilines is 1. The minimum atomic E-state index is 0.126. The summed E-state index contributed by atoms with van der Waals surface area (Å²) in [6.07, 6.45) is 4.28. The third kappa shape index (κ3) is 3.24. The van der Waals surface area contributed by atoms with E-state index >= 15 is 0 Å². The van der Waals surface area contributed by atoms with Gasteiger partial charge in [-0.25, -0.2) is 9.97 Å². The van der Waals surface area contributed by atoms with Gasteiger partial charge in [0.2, 0.25) is 0 Å². The van der Waals surface area contributed by atoms with Gasteiger partial charge < -0.3 is 9.80 Å². The van der Waals surface area contributed by atoms with Gasteiger partial charge in [-0.05, 0) is 53.6 Å². The highest BCUT2D eigenvalue weighted by Crippen LogP contribution is 2.38. The van der Waals surface area contributed by atoms with Crippen LogP contribution in [0, 0.1) is 3.57 Å². The van der Waals surface area contributed by atoms with E-state index in [1.165, 1.54) is 12.8 Å². The third-order valence-corrected chi connectivity index (χ3v) is 5.54. The summed E-state index contributed by atoms with van der Waals surface area (Å²) >= 11 is 2.23. The number of carbonyl (C=O) groups excluding carboxylic acids is 1. The molecule has 2 heterocycles. The molecule has 0 N–H and O–H groups in total. The molecule has 0 atom stereocenters. The molecule has 4 rings (SSSR count). The molecule has 124 valence electrons. The average Bonchev–Trinajstić information content (AvgIpc) is 3.47. The lowest BCUT2D eigenvalue weighted by molar-refractivity contribution is 0.0745. The molecule has 1 saturated carbocycles. The Labute approximate surface area is 155 Å². The van der Waals surface area contributed by atoms with E-state index in [0.717, 1.165) is 47.0 Å². The number of aromatic nitrogens is 2. The molecule has 1 aromatic carbocycles. The van der Waals surface area contributed by atoms with Crippen molar-refractivity contribution in [3.8, 4) is 0 Å². The Kier molecular flexibility index (Phi) is 4.39. The first-order valence-corrected chi connectivity index (χ1v) is 9.42. The van der Waals surface area contributed by atoms with Crippen LogP contribution in [0.4, 0.5) is 5.82 Å². The van der Waals surface area contributed by atoms with Crippen LogP contribution in [0.25, 0.3) is 0 Å². The van der Waals surface area contributed by atoms with Gasteiger partial charge in [0.05, 0.1) is 5.56 Å². The lowest BCUT2D eigenvalue weighted by Gasteiger charge is -2.35. The lowest BCUT2D eigenvalue weighted by atomic mass is 10.2. The van der Waals surface area contributed by atoms with Gasteiger partial charge >= 0.3 is 0 Å². The first-order valence-electron chi connectivity index (χ1n) is 8.34. The zero-order valence-electron chi connectivity index (χ0n) is 13.4. The molecule has 0 bridgehead atoms. The Balaban J connectivity index is 1.42. The number of amides is 1. The molecule has 1 aromatic heterocycles. The number of nitrogens with zero attached hydrogens (tertiary/aromatic N) is 4. The van der Waals surface area contributed by atoms with Gasteiger partial charge in [-0.15, -0.1) is 0 Å². The van der Waals surface area contributed by atoms with Gasteiger partial charge in [0.1, 0.15) is 11.6 Å². The van der Waals surface area contributed by atoms with E-state index in [9.17, 15) is 4.79 Å². The lowest BCUT2D eigenvalue weighted by Crippen LogP contribution is -2.49. The van der Waals surface area contributed by atoms with E-state index < -0.39 is 0 Å². The molecule has 2 aromatic rings. The number of carbonyl (C=O) groups is 1. The van der Waals surface area contributed by atoms with Crippen molar-refractivity contribution in [3.63, 3.8) is 0 Å². The highest BCUT2D eigenvalue weighted by Gasteiger charge is 2.28. The Morgan fingerprint density at radius 3 is 2.54 bits per heavy atom. The van der Waals surface area contributed by atoms with Gasteiger partial charge in [0.25, 0.3) is 5.91 Å². The summed E-state index contributed by atoms with van der Waals surface area (Å²) in [6.45, 7) is 3.09. The Hall–Kier alpha value is -1.70. The van der Waals surface area contributed by atoms with Crippen LogP contribution < -0.4 is 4.90 Å². The van der Waals surface area contributed by atoms with Gasteiger partial charge in [-0.2, -0.15) is 0 Å². The van der Waals surface area contributed by atoms with Crippen LogP contribution in [-0.4, -0.2) is 47.0 Å². The number of hydrogen-bond donors (Lipinski definition) is 0. The van der Waals surface area contributed by atoms with Gasteiger partial charge in [0.15, 0.2) is 0 Å². The molecule has 1 aliphatic heterocycles. The fourth-order valence-corrected chi connectivity index (χ4v) is 3.64. The average molecular weight is 434 g/mol. The second-order valence-corrected chi connectivity index (χ2v) is 7.47. The van der Waals surface area contributed by atoms with Gasteiger partial charge in [-0.1, -0.05) is 12.1 Å². The summed E-state index contributed by atoms with van der Waals surface area (Å²) in [4.78, 5) is 26.0. The first kappa shape index (κ1) is 15.8. The quantitative estimate of drug-likeness (QED) is 0.698. The third-order valence-electron chi connectivity index (χ3n) is 4.60. The maximum atomic E-state index is 12.7. The minimum absolute atomic E-state index is 0.126. The van der Waals surface area contributed by atoms with E-state index in [2.05, 4.69) is 32.5 Å². The molecular weight excluding hydrogens is 415 g/mol. The molecule has 1 aliphatic carbocycles. The number of hydrogen-bond acceptors (Lipinski definition) is 4. The Morgan fingerprint density at radius 1 is 1.08 bits per heavy atom. The fourth-order valence-electron chi connectivity index (χ4n) is 3.02. The highest BCUT2D eigenvalue weighted by molar-refractivity contribution is 14.1. The second kappa shape index (κ2) is 6.66. The smallest absolute Gasteiger partial charge is 0.255 e. The molecule has 1 amide bonds. The van der Waals surface area contributed by atoms with Crippen molar-refractivity contribution in [2.24, 2.45) is 0 Å². The zero-order valence-corrected chi connectivity index (χ0v) is 15.5. The summed E-state index contributed by atoms with van der Waals surface area (Å²) in [5, 5.41) is 0. The van der Waals surface area contributed by atoms with Crippen molar-refractivity contribution >= 4 is 34.3 Å². The zero-order chi connectivity index (χ0) is 16.5. The van der Waals surface area contributed by atoms with Crippen molar-refractivity contribution in [2.45, 2.75) is 18.8 Å². The SMILES string of the molecule is O=C(c1ccccc1I)N1CCN(c2ccnc(C3CC3)n2)CC1. The molecule has 2 aliphatic rings. The van der Waals surface area contributed by atoms with Crippen LogP contribution in [0.1, 0.15) is 34.9 Å². The molecule has 0 radical (unpaired) electrons. The van der Waals surface area contributed by atoms with E-state index in [1.54, 1.807) is 0 Å². The largest absolute Gasteiger partial charge is 0.353 e. The molecule has 6 heteroatoms. The topological polar surface area (TPSA) is 49.3 Å². The predicted octanol–water partition coefficient (Wildman–Crippen LogP) is 2.92. The normalized spacial score (nSPS) is 17.9. The standard InChI is InChI=1S/C18H19IN4O/c19-15-4-2-1-3-14(15)18(24)23-11-9-22(10-12-23)16-7-8-20-17(21-16)13-5-6-13/h1-4,7-8,13H,5-6,9-12H2. The van der Waals surface area contributed by atoms with Crippen LogP contribution in [0.5, 0.6) is 0 Å². The van der Waals surface area contributed by atoms with Gasteiger partial charge in [-0.3, -0.25) is 4.79 Å². The predicted molar refractivity (Wildman–Crippen MR) is 101 cm³/mol. The van der Waals surface area contributed by atoms with Crippen LogP contribution in [-0.2, 0) is 0 Å². The number of piperazine rings is 1. The fraction of sp³-hybridized carbons (Fsp3) is 0.389. The van der Waals surface area contributed by atoms with Crippen LogP contribution >= 0.6 is 22.6 Å². The molecular formula is C18H19IN4O. The van der Waals surface area contributed by atoms with Gasteiger partial charge in [0, 0.05) is 41.9 Å². The number of rotatable bonds is 3. The van der Waals surface area contributed by atoms with Crippen LogP contribution in [0.2, 0.25) is 0 Å². The second-order valence-electron chi connectivity index (χ2n) is 6.31. The number of halogens is 1. The number of benzene rings is 1. The van der Waals surface area contributed by atoms with Crippen LogP contribution in [0.3, 0.4) is 0 Å². The molecule has 2 fully saturated rings. The monoisotopic (exact) mass is 434 g/mol. The summed E-state index contributed by atoms with van der Waals surface area (Å²) in [6, 6.07) is 9.74.